The highest BCUT2D eigenvalue weighted by molar-refractivity contribution is 5.74. The molecule has 2 fully saturated rings. The zero-order chi connectivity index (χ0) is 14.7. The third kappa shape index (κ3) is 3.40. The molecule has 5 nitrogen and oxygen atoms in total. The van der Waals surface area contributed by atoms with E-state index in [1.54, 1.807) is 0 Å². The zero-order valence-electron chi connectivity index (χ0n) is 12.8. The third-order valence-corrected chi connectivity index (χ3v) is 4.91. The first-order chi connectivity index (χ1) is 10.2. The zero-order valence-corrected chi connectivity index (χ0v) is 12.8. The maximum absolute atomic E-state index is 12.4. The molecule has 0 radical (unpaired) electrons. The van der Waals surface area contributed by atoms with Gasteiger partial charge in [0.05, 0.1) is 13.2 Å². The van der Waals surface area contributed by atoms with Crippen molar-refractivity contribution in [3.05, 3.63) is 12.2 Å². The second-order valence-corrected chi connectivity index (χ2v) is 6.43. The maximum Gasteiger partial charge on any atom is 0.317 e. The molecule has 21 heavy (non-hydrogen) atoms. The van der Waals surface area contributed by atoms with Crippen LogP contribution in [-0.4, -0.2) is 49.1 Å². The molecule has 0 unspecified atom stereocenters. The average molecular weight is 294 g/mol. The summed E-state index contributed by atoms with van der Waals surface area (Å²) >= 11 is 0. The standard InChI is InChI=1S/C16H26N2O3/c1-16(20-10-11-21-16)13-6-5-9-18(12-13)15(19)17-14-7-3-2-4-8-14/h2-3,13-14H,4-12H2,1H3,(H,17,19)/t13-,14+/m0/s1. The van der Waals surface area contributed by atoms with Crippen molar-refractivity contribution in [1.82, 2.24) is 10.2 Å². The predicted octanol–water partition coefficient (Wildman–Crippen LogP) is 2.28. The number of likely N-dealkylation sites (tertiary alicyclic amines) is 1. The summed E-state index contributed by atoms with van der Waals surface area (Å²) < 4.78 is 11.5. The van der Waals surface area contributed by atoms with Gasteiger partial charge in [0.2, 0.25) is 0 Å². The molecule has 1 N–H and O–H groups in total. The Bertz CT molecular complexity index is 404. The summed E-state index contributed by atoms with van der Waals surface area (Å²) in [6.07, 6.45) is 9.49. The van der Waals surface area contributed by atoms with Gasteiger partial charge in [0.25, 0.3) is 0 Å². The number of amides is 2. The van der Waals surface area contributed by atoms with Crippen molar-refractivity contribution in [2.24, 2.45) is 5.92 Å². The molecule has 2 amide bonds. The first-order valence-electron chi connectivity index (χ1n) is 8.16. The fourth-order valence-corrected chi connectivity index (χ4v) is 3.55. The highest BCUT2D eigenvalue weighted by Crippen LogP contribution is 2.34. The van der Waals surface area contributed by atoms with E-state index in [2.05, 4.69) is 17.5 Å². The molecule has 5 heteroatoms. The van der Waals surface area contributed by atoms with E-state index >= 15 is 0 Å². The summed E-state index contributed by atoms with van der Waals surface area (Å²) in [5.74, 6) is -0.238. The molecule has 0 bridgehead atoms. The first-order valence-corrected chi connectivity index (χ1v) is 8.16. The number of hydrogen-bond donors (Lipinski definition) is 1. The van der Waals surface area contributed by atoms with Crippen LogP contribution in [0.2, 0.25) is 0 Å². The van der Waals surface area contributed by atoms with E-state index in [-0.39, 0.29) is 18.0 Å². The number of ether oxygens (including phenoxy) is 2. The van der Waals surface area contributed by atoms with Crippen molar-refractivity contribution in [3.8, 4) is 0 Å². The summed E-state index contributed by atoms with van der Waals surface area (Å²) in [4.78, 5) is 14.4. The van der Waals surface area contributed by atoms with Gasteiger partial charge in [-0.1, -0.05) is 12.2 Å². The minimum atomic E-state index is -0.507. The second-order valence-electron chi connectivity index (χ2n) is 6.43. The van der Waals surface area contributed by atoms with E-state index in [0.717, 1.165) is 45.2 Å². The maximum atomic E-state index is 12.4. The van der Waals surface area contributed by atoms with Gasteiger partial charge in [-0.25, -0.2) is 4.79 Å². The van der Waals surface area contributed by atoms with Crippen LogP contribution < -0.4 is 5.32 Å². The van der Waals surface area contributed by atoms with Gasteiger partial charge in [-0.3, -0.25) is 0 Å². The van der Waals surface area contributed by atoms with Crippen LogP contribution in [0.3, 0.4) is 0 Å². The molecule has 3 rings (SSSR count). The Morgan fingerprint density at radius 3 is 2.81 bits per heavy atom. The highest BCUT2D eigenvalue weighted by Gasteiger charge is 2.42. The normalized spacial score (nSPS) is 32.1. The summed E-state index contributed by atoms with van der Waals surface area (Å²) in [6, 6.07) is 0.360. The lowest BCUT2D eigenvalue weighted by Crippen LogP contribution is -2.53. The lowest BCUT2D eigenvalue weighted by atomic mass is 9.90. The van der Waals surface area contributed by atoms with Crippen LogP contribution in [0.25, 0.3) is 0 Å². The van der Waals surface area contributed by atoms with Crippen LogP contribution >= 0.6 is 0 Å². The SMILES string of the molecule is CC1([C@H]2CCCN(C(=O)N[C@@H]3CC=CCC3)C2)OCCO1. The first kappa shape index (κ1) is 14.9. The van der Waals surface area contributed by atoms with Crippen molar-refractivity contribution < 1.29 is 14.3 Å². The Kier molecular flexibility index (Phi) is 4.50. The van der Waals surface area contributed by atoms with Crippen molar-refractivity contribution in [2.45, 2.75) is 50.9 Å². The smallest absolute Gasteiger partial charge is 0.317 e. The van der Waals surface area contributed by atoms with Gasteiger partial charge in [-0.15, -0.1) is 0 Å². The van der Waals surface area contributed by atoms with Crippen LogP contribution in [0.5, 0.6) is 0 Å². The van der Waals surface area contributed by atoms with Crippen LogP contribution in [0.15, 0.2) is 12.2 Å². The van der Waals surface area contributed by atoms with E-state index in [1.807, 2.05) is 11.8 Å². The Labute approximate surface area is 126 Å². The van der Waals surface area contributed by atoms with Crippen molar-refractivity contribution in [2.75, 3.05) is 26.3 Å². The number of nitrogens with zero attached hydrogens (tertiary/aromatic N) is 1. The van der Waals surface area contributed by atoms with Crippen molar-refractivity contribution >= 4 is 6.03 Å². The van der Waals surface area contributed by atoms with E-state index in [0.29, 0.717) is 13.2 Å². The molecular weight excluding hydrogens is 268 g/mol. The molecule has 2 atom stereocenters. The lowest BCUT2D eigenvalue weighted by molar-refractivity contribution is -0.189. The number of urea groups is 1. The Morgan fingerprint density at radius 2 is 2.10 bits per heavy atom. The number of hydrogen-bond acceptors (Lipinski definition) is 3. The fourth-order valence-electron chi connectivity index (χ4n) is 3.55. The third-order valence-electron chi connectivity index (χ3n) is 4.91. The molecule has 2 saturated heterocycles. The molecule has 3 aliphatic rings. The molecule has 0 aromatic rings. The Hall–Kier alpha value is -1.07. The molecule has 0 saturated carbocycles. The van der Waals surface area contributed by atoms with Gasteiger partial charge in [0.1, 0.15) is 0 Å². The molecule has 2 heterocycles. The molecular formula is C16H26N2O3. The van der Waals surface area contributed by atoms with Crippen LogP contribution in [0.1, 0.15) is 39.0 Å². The van der Waals surface area contributed by atoms with E-state index in [4.69, 9.17) is 9.47 Å². The van der Waals surface area contributed by atoms with Gasteiger partial charge in [0, 0.05) is 25.0 Å². The molecule has 118 valence electrons. The number of carbonyl (C=O) groups is 1. The molecule has 2 aliphatic heterocycles. The molecule has 0 aromatic heterocycles. The summed E-state index contributed by atoms with van der Waals surface area (Å²) in [7, 11) is 0. The molecule has 0 spiro atoms. The number of piperidine rings is 1. The number of nitrogens with one attached hydrogen (secondary N) is 1. The second kappa shape index (κ2) is 6.36. The highest BCUT2D eigenvalue weighted by atomic mass is 16.7. The number of rotatable bonds is 2. The average Bonchev–Trinajstić information content (AvgIpc) is 2.97. The Balaban J connectivity index is 1.55. The van der Waals surface area contributed by atoms with E-state index in [9.17, 15) is 4.79 Å². The van der Waals surface area contributed by atoms with Gasteiger partial charge in [0.15, 0.2) is 5.79 Å². The summed E-state index contributed by atoms with van der Waals surface area (Å²) in [6.45, 7) is 4.89. The number of allylic oxidation sites excluding steroid dienone is 1. The quantitative estimate of drug-likeness (QED) is 0.795. The molecule has 1 aliphatic carbocycles. The number of carbonyl (C=O) groups excluding carboxylic acids is 1. The van der Waals surface area contributed by atoms with Crippen LogP contribution in [0, 0.1) is 5.92 Å². The van der Waals surface area contributed by atoms with Crippen LogP contribution in [-0.2, 0) is 9.47 Å². The van der Waals surface area contributed by atoms with E-state index < -0.39 is 5.79 Å². The monoisotopic (exact) mass is 294 g/mol. The largest absolute Gasteiger partial charge is 0.347 e. The molecule has 0 aromatic carbocycles. The summed E-state index contributed by atoms with van der Waals surface area (Å²) in [5, 5.41) is 3.17. The van der Waals surface area contributed by atoms with Gasteiger partial charge in [-0.2, -0.15) is 0 Å². The van der Waals surface area contributed by atoms with Crippen LogP contribution in [0.4, 0.5) is 4.79 Å². The minimum absolute atomic E-state index is 0.0709. The van der Waals surface area contributed by atoms with Gasteiger partial charge in [-0.05, 0) is 39.0 Å². The fraction of sp³-hybridized carbons (Fsp3) is 0.812. The van der Waals surface area contributed by atoms with Gasteiger partial charge >= 0.3 is 6.03 Å². The topological polar surface area (TPSA) is 50.8 Å². The summed E-state index contributed by atoms with van der Waals surface area (Å²) in [5.41, 5.74) is 0. The lowest BCUT2D eigenvalue weighted by Gasteiger charge is -2.40. The van der Waals surface area contributed by atoms with Crippen molar-refractivity contribution in [3.63, 3.8) is 0 Å². The van der Waals surface area contributed by atoms with E-state index in [1.165, 1.54) is 0 Å². The Morgan fingerprint density at radius 1 is 1.29 bits per heavy atom. The van der Waals surface area contributed by atoms with Crippen molar-refractivity contribution in [1.29, 1.82) is 0 Å². The minimum Gasteiger partial charge on any atom is -0.347 e. The van der Waals surface area contributed by atoms with Gasteiger partial charge < -0.3 is 19.7 Å². The predicted molar refractivity (Wildman–Crippen MR) is 79.9 cm³/mol.